The fraction of sp³-hybridized carbons (Fsp3) is 0.889. The van der Waals surface area contributed by atoms with Gasteiger partial charge in [-0.15, -0.1) is 0 Å². The molecule has 0 aliphatic heterocycles. The largest absolute Gasteiger partial charge is 0.444 e. The molecule has 1 amide bonds. The minimum atomic E-state index is -3.01. The molecule has 0 rings (SSSR count). The second kappa shape index (κ2) is 12.1. The standard InChI is InChI=1S/C18H38N4O5S/c1-8-18(9-2,22-16(23)27-17(3,4)5)14-21-15(19-6)20-10-11-26-12-13-28(7,24)25/h8-14H2,1-7H3,(H,22,23)(H2,19,20,21). The second-order valence-electron chi connectivity index (χ2n) is 7.71. The quantitative estimate of drug-likeness (QED) is 0.261. The van der Waals surface area contributed by atoms with Crippen LogP contribution in [0.15, 0.2) is 4.99 Å². The van der Waals surface area contributed by atoms with E-state index in [1.54, 1.807) is 7.05 Å². The summed E-state index contributed by atoms with van der Waals surface area (Å²) in [5.74, 6) is 0.579. The highest BCUT2D eigenvalue weighted by atomic mass is 32.2. The van der Waals surface area contributed by atoms with Gasteiger partial charge >= 0.3 is 6.09 Å². The first-order chi connectivity index (χ1) is 12.9. The second-order valence-corrected chi connectivity index (χ2v) is 9.97. The molecule has 0 saturated carbocycles. The number of ether oxygens (including phenoxy) is 2. The van der Waals surface area contributed by atoms with E-state index in [2.05, 4.69) is 20.9 Å². The van der Waals surface area contributed by atoms with E-state index in [9.17, 15) is 13.2 Å². The summed E-state index contributed by atoms with van der Waals surface area (Å²) in [5.41, 5.74) is -1.02. The van der Waals surface area contributed by atoms with Crippen molar-refractivity contribution in [2.24, 2.45) is 4.99 Å². The zero-order chi connectivity index (χ0) is 21.8. The van der Waals surface area contributed by atoms with Gasteiger partial charge in [0.05, 0.1) is 24.5 Å². The van der Waals surface area contributed by atoms with Crippen LogP contribution in [-0.4, -0.2) is 77.0 Å². The van der Waals surface area contributed by atoms with Gasteiger partial charge in [0.15, 0.2) is 5.96 Å². The van der Waals surface area contributed by atoms with Gasteiger partial charge in [-0.05, 0) is 33.6 Å². The third-order valence-corrected chi connectivity index (χ3v) is 4.98. The molecule has 0 unspecified atom stereocenters. The number of sulfone groups is 1. The van der Waals surface area contributed by atoms with Crippen molar-refractivity contribution in [2.45, 2.75) is 58.6 Å². The summed E-state index contributed by atoms with van der Waals surface area (Å²) in [6.45, 7) is 11.0. The Kier molecular flexibility index (Phi) is 11.4. The van der Waals surface area contributed by atoms with Crippen LogP contribution >= 0.6 is 0 Å². The topological polar surface area (TPSA) is 118 Å². The van der Waals surface area contributed by atoms with E-state index in [4.69, 9.17) is 9.47 Å². The first-order valence-electron chi connectivity index (χ1n) is 9.57. The molecular formula is C18H38N4O5S. The Hall–Kier alpha value is -1.55. The van der Waals surface area contributed by atoms with Gasteiger partial charge in [-0.2, -0.15) is 0 Å². The first kappa shape index (κ1) is 26.4. The van der Waals surface area contributed by atoms with E-state index >= 15 is 0 Å². The average molecular weight is 423 g/mol. The van der Waals surface area contributed by atoms with Crippen LogP contribution in [-0.2, 0) is 19.3 Å². The third-order valence-electron chi connectivity index (χ3n) is 4.07. The molecule has 0 radical (unpaired) electrons. The number of guanidine groups is 1. The molecule has 0 aromatic rings. The first-order valence-corrected chi connectivity index (χ1v) is 11.6. The number of amides is 1. The minimum Gasteiger partial charge on any atom is -0.444 e. The van der Waals surface area contributed by atoms with Crippen LogP contribution < -0.4 is 16.0 Å². The van der Waals surface area contributed by atoms with E-state index in [0.717, 1.165) is 12.8 Å². The molecule has 166 valence electrons. The predicted molar refractivity (Wildman–Crippen MR) is 113 cm³/mol. The van der Waals surface area contributed by atoms with Gasteiger partial charge in [-0.25, -0.2) is 13.2 Å². The van der Waals surface area contributed by atoms with E-state index < -0.39 is 27.1 Å². The van der Waals surface area contributed by atoms with Crippen molar-refractivity contribution in [3.63, 3.8) is 0 Å². The van der Waals surface area contributed by atoms with Crippen LogP contribution in [0.3, 0.4) is 0 Å². The summed E-state index contributed by atoms with van der Waals surface area (Å²) in [7, 11) is -1.36. The summed E-state index contributed by atoms with van der Waals surface area (Å²) in [5, 5.41) is 9.29. The highest BCUT2D eigenvalue weighted by Crippen LogP contribution is 2.16. The summed E-state index contributed by atoms with van der Waals surface area (Å²) in [6.07, 6.45) is 2.18. The Labute approximate surface area is 170 Å². The van der Waals surface area contributed by atoms with E-state index in [0.29, 0.717) is 25.7 Å². The van der Waals surface area contributed by atoms with Crippen molar-refractivity contribution in [2.75, 3.05) is 45.4 Å². The number of nitrogens with zero attached hydrogens (tertiary/aromatic N) is 1. The lowest BCUT2D eigenvalue weighted by Gasteiger charge is -2.34. The Morgan fingerprint density at radius 2 is 1.68 bits per heavy atom. The predicted octanol–water partition coefficient (Wildman–Crippen LogP) is 1.30. The van der Waals surface area contributed by atoms with Crippen LogP contribution in [0.2, 0.25) is 0 Å². The lowest BCUT2D eigenvalue weighted by Crippen LogP contribution is -2.57. The molecule has 9 nitrogen and oxygen atoms in total. The normalized spacial score (nSPS) is 13.2. The molecule has 0 aliphatic rings. The third kappa shape index (κ3) is 12.8. The molecule has 0 aliphatic carbocycles. The fourth-order valence-electron chi connectivity index (χ4n) is 2.27. The molecule has 10 heteroatoms. The zero-order valence-electron chi connectivity index (χ0n) is 18.3. The van der Waals surface area contributed by atoms with Crippen molar-refractivity contribution < 1.29 is 22.7 Å². The maximum absolute atomic E-state index is 12.2. The van der Waals surface area contributed by atoms with Crippen LogP contribution in [0, 0.1) is 0 Å². The number of hydrogen-bond acceptors (Lipinski definition) is 6. The molecule has 0 bridgehead atoms. The van der Waals surface area contributed by atoms with Gasteiger partial charge in [0, 0.05) is 26.4 Å². The van der Waals surface area contributed by atoms with Crippen LogP contribution in [0.5, 0.6) is 0 Å². The van der Waals surface area contributed by atoms with Crippen LogP contribution in [0.1, 0.15) is 47.5 Å². The monoisotopic (exact) mass is 422 g/mol. The van der Waals surface area contributed by atoms with Crippen molar-refractivity contribution in [1.82, 2.24) is 16.0 Å². The lowest BCUT2D eigenvalue weighted by atomic mass is 9.93. The molecule has 0 heterocycles. The van der Waals surface area contributed by atoms with Crippen molar-refractivity contribution in [3.8, 4) is 0 Å². The smallest absolute Gasteiger partial charge is 0.408 e. The number of rotatable bonds is 11. The van der Waals surface area contributed by atoms with Crippen molar-refractivity contribution in [3.05, 3.63) is 0 Å². The zero-order valence-corrected chi connectivity index (χ0v) is 19.2. The number of carbonyl (C=O) groups excluding carboxylic acids is 1. The van der Waals surface area contributed by atoms with E-state index in [1.165, 1.54) is 6.26 Å². The summed E-state index contributed by atoms with van der Waals surface area (Å²) in [4.78, 5) is 16.3. The van der Waals surface area contributed by atoms with Gasteiger partial charge in [0.1, 0.15) is 15.4 Å². The Morgan fingerprint density at radius 1 is 1.07 bits per heavy atom. The summed E-state index contributed by atoms with van der Waals surface area (Å²) < 4.78 is 32.8. The molecule has 0 spiro atoms. The Bertz CT molecular complexity index is 596. The molecular weight excluding hydrogens is 384 g/mol. The number of carbonyl (C=O) groups is 1. The average Bonchev–Trinajstić information content (AvgIpc) is 2.56. The minimum absolute atomic E-state index is 0.00578. The summed E-state index contributed by atoms with van der Waals surface area (Å²) in [6, 6.07) is 0. The number of nitrogens with one attached hydrogen (secondary N) is 3. The van der Waals surface area contributed by atoms with Gasteiger partial charge in [0.2, 0.25) is 0 Å². The van der Waals surface area contributed by atoms with Gasteiger partial charge < -0.3 is 25.4 Å². The number of aliphatic imine (C=N–C) groups is 1. The maximum Gasteiger partial charge on any atom is 0.408 e. The molecule has 0 aromatic carbocycles. The van der Waals surface area contributed by atoms with Crippen molar-refractivity contribution in [1.29, 1.82) is 0 Å². The molecule has 28 heavy (non-hydrogen) atoms. The Balaban J connectivity index is 4.48. The summed E-state index contributed by atoms with van der Waals surface area (Å²) >= 11 is 0. The molecule has 3 N–H and O–H groups in total. The fourth-order valence-corrected chi connectivity index (χ4v) is 2.69. The van der Waals surface area contributed by atoms with Crippen LogP contribution in [0.25, 0.3) is 0 Å². The van der Waals surface area contributed by atoms with E-state index in [-0.39, 0.29) is 12.4 Å². The van der Waals surface area contributed by atoms with Crippen LogP contribution in [0.4, 0.5) is 4.79 Å². The number of alkyl carbamates (subject to hydrolysis) is 1. The van der Waals surface area contributed by atoms with Crippen molar-refractivity contribution >= 4 is 21.9 Å². The molecule has 0 aromatic heterocycles. The molecule has 0 atom stereocenters. The van der Waals surface area contributed by atoms with Gasteiger partial charge in [-0.3, -0.25) is 4.99 Å². The van der Waals surface area contributed by atoms with E-state index in [1.807, 2.05) is 34.6 Å². The lowest BCUT2D eigenvalue weighted by molar-refractivity contribution is 0.0448. The number of hydrogen-bond donors (Lipinski definition) is 3. The highest BCUT2D eigenvalue weighted by Gasteiger charge is 2.30. The molecule has 0 fully saturated rings. The Morgan fingerprint density at radius 3 is 2.14 bits per heavy atom. The SMILES string of the molecule is CCC(CC)(CNC(=NC)NCCOCCS(C)(=O)=O)NC(=O)OC(C)(C)C. The van der Waals surface area contributed by atoms with Gasteiger partial charge in [0.25, 0.3) is 0 Å². The molecule has 0 saturated heterocycles. The maximum atomic E-state index is 12.2. The van der Waals surface area contributed by atoms with Gasteiger partial charge in [-0.1, -0.05) is 13.8 Å². The highest BCUT2D eigenvalue weighted by molar-refractivity contribution is 7.90.